The van der Waals surface area contributed by atoms with Gasteiger partial charge in [0.15, 0.2) is 0 Å². The quantitative estimate of drug-likeness (QED) is 0.787. The van der Waals surface area contributed by atoms with E-state index in [9.17, 15) is 4.79 Å². The maximum Gasteiger partial charge on any atom is 0.251 e. The fraction of sp³-hybridized carbons (Fsp3) is 0.235. The van der Waals surface area contributed by atoms with Gasteiger partial charge in [-0.05, 0) is 25.1 Å². The van der Waals surface area contributed by atoms with E-state index in [0.717, 1.165) is 17.0 Å². The Balaban J connectivity index is 1.75. The Bertz CT molecular complexity index is 893. The van der Waals surface area contributed by atoms with Crippen molar-refractivity contribution in [2.45, 2.75) is 13.5 Å². The van der Waals surface area contributed by atoms with Crippen molar-refractivity contribution in [1.29, 1.82) is 0 Å². The van der Waals surface area contributed by atoms with E-state index in [-0.39, 0.29) is 12.5 Å². The van der Waals surface area contributed by atoms with Crippen molar-refractivity contribution in [2.75, 3.05) is 19.0 Å². The van der Waals surface area contributed by atoms with E-state index in [4.69, 9.17) is 0 Å². The third-order valence-electron chi connectivity index (χ3n) is 3.48. The first-order valence-corrected chi connectivity index (χ1v) is 7.54. The monoisotopic (exact) mass is 322 g/mol. The van der Waals surface area contributed by atoms with Gasteiger partial charge in [-0.25, -0.2) is 9.97 Å². The van der Waals surface area contributed by atoms with Crippen molar-refractivity contribution >= 4 is 22.8 Å². The highest BCUT2D eigenvalue weighted by Crippen LogP contribution is 2.12. The minimum Gasteiger partial charge on any atom is -0.363 e. The highest BCUT2D eigenvalue weighted by Gasteiger charge is 2.09. The lowest BCUT2D eigenvalue weighted by Crippen LogP contribution is -2.24. The zero-order chi connectivity index (χ0) is 17.1. The molecule has 24 heavy (non-hydrogen) atoms. The van der Waals surface area contributed by atoms with E-state index >= 15 is 0 Å². The molecule has 0 radical (unpaired) electrons. The molecular formula is C17H18N6O. The van der Waals surface area contributed by atoms with Gasteiger partial charge < -0.3 is 10.2 Å². The standard InChI is InChI=1S/C17H18N6O/c1-11-8-16(23(2)3)22-15(21-11)10-20-17(24)12-4-5-13-14(9-12)19-7-6-18-13/h4-9H,10H2,1-3H3,(H,20,24). The Morgan fingerprint density at radius 1 is 1.08 bits per heavy atom. The molecular weight excluding hydrogens is 304 g/mol. The molecule has 0 spiro atoms. The Morgan fingerprint density at radius 3 is 2.58 bits per heavy atom. The lowest BCUT2D eigenvalue weighted by atomic mass is 10.2. The van der Waals surface area contributed by atoms with Gasteiger partial charge in [0.25, 0.3) is 5.91 Å². The molecule has 0 aliphatic heterocycles. The summed E-state index contributed by atoms with van der Waals surface area (Å²) in [7, 11) is 3.83. The molecule has 0 unspecified atom stereocenters. The highest BCUT2D eigenvalue weighted by molar-refractivity contribution is 5.97. The number of fused-ring (bicyclic) bond motifs is 1. The fourth-order valence-electron chi connectivity index (χ4n) is 2.29. The minimum atomic E-state index is -0.195. The molecule has 2 aromatic heterocycles. The maximum absolute atomic E-state index is 12.3. The molecule has 0 saturated heterocycles. The fourth-order valence-corrected chi connectivity index (χ4v) is 2.29. The van der Waals surface area contributed by atoms with Gasteiger partial charge in [0.2, 0.25) is 0 Å². The Labute approximate surface area is 139 Å². The average Bonchev–Trinajstić information content (AvgIpc) is 2.58. The zero-order valence-corrected chi connectivity index (χ0v) is 13.8. The van der Waals surface area contributed by atoms with Crippen LogP contribution >= 0.6 is 0 Å². The number of aromatic nitrogens is 4. The number of amides is 1. The van der Waals surface area contributed by atoms with Crippen LogP contribution < -0.4 is 10.2 Å². The number of carbonyl (C=O) groups excluding carboxylic acids is 1. The molecule has 3 rings (SSSR count). The Hall–Kier alpha value is -3.09. The second kappa shape index (κ2) is 6.57. The summed E-state index contributed by atoms with van der Waals surface area (Å²) in [4.78, 5) is 31.4. The summed E-state index contributed by atoms with van der Waals surface area (Å²) in [5, 5.41) is 2.84. The summed E-state index contributed by atoms with van der Waals surface area (Å²) >= 11 is 0. The molecule has 0 fully saturated rings. The van der Waals surface area contributed by atoms with Gasteiger partial charge in [-0.1, -0.05) is 0 Å². The number of rotatable bonds is 4. The summed E-state index contributed by atoms with van der Waals surface area (Å²) in [5.74, 6) is 1.19. The van der Waals surface area contributed by atoms with Crippen molar-refractivity contribution in [3.8, 4) is 0 Å². The van der Waals surface area contributed by atoms with Crippen LogP contribution in [-0.2, 0) is 6.54 Å². The van der Waals surface area contributed by atoms with Crippen LogP contribution in [0.15, 0.2) is 36.7 Å². The van der Waals surface area contributed by atoms with Crippen LogP contribution in [0.3, 0.4) is 0 Å². The lowest BCUT2D eigenvalue weighted by Gasteiger charge is -2.13. The van der Waals surface area contributed by atoms with Gasteiger partial charge in [0.1, 0.15) is 11.6 Å². The van der Waals surface area contributed by atoms with E-state index in [1.165, 1.54) is 0 Å². The SMILES string of the molecule is Cc1cc(N(C)C)nc(CNC(=O)c2ccc3nccnc3c2)n1. The normalized spacial score (nSPS) is 10.6. The third-order valence-corrected chi connectivity index (χ3v) is 3.48. The van der Waals surface area contributed by atoms with Crippen LogP contribution in [0.5, 0.6) is 0 Å². The number of nitrogens with one attached hydrogen (secondary N) is 1. The zero-order valence-electron chi connectivity index (χ0n) is 13.8. The molecule has 0 bridgehead atoms. The number of aryl methyl sites for hydroxylation is 1. The van der Waals surface area contributed by atoms with Crippen molar-refractivity contribution in [3.05, 3.63) is 53.7 Å². The average molecular weight is 322 g/mol. The van der Waals surface area contributed by atoms with Crippen molar-refractivity contribution in [3.63, 3.8) is 0 Å². The summed E-state index contributed by atoms with van der Waals surface area (Å²) < 4.78 is 0. The van der Waals surface area contributed by atoms with Crippen molar-refractivity contribution in [2.24, 2.45) is 0 Å². The van der Waals surface area contributed by atoms with Gasteiger partial charge >= 0.3 is 0 Å². The van der Waals surface area contributed by atoms with Crippen LogP contribution in [0, 0.1) is 6.92 Å². The molecule has 0 aliphatic rings. The molecule has 3 aromatic rings. The summed E-state index contributed by atoms with van der Waals surface area (Å²) in [6.07, 6.45) is 3.23. The van der Waals surface area contributed by atoms with Crippen LogP contribution in [0.1, 0.15) is 21.9 Å². The van der Waals surface area contributed by atoms with Crippen LogP contribution in [0.4, 0.5) is 5.82 Å². The van der Waals surface area contributed by atoms with E-state index in [1.807, 2.05) is 32.0 Å². The first-order valence-electron chi connectivity index (χ1n) is 7.54. The van der Waals surface area contributed by atoms with Crippen LogP contribution in [0.25, 0.3) is 11.0 Å². The molecule has 122 valence electrons. The van der Waals surface area contributed by atoms with Crippen molar-refractivity contribution < 1.29 is 4.79 Å². The minimum absolute atomic E-state index is 0.195. The maximum atomic E-state index is 12.3. The second-order valence-corrected chi connectivity index (χ2v) is 5.62. The highest BCUT2D eigenvalue weighted by atomic mass is 16.1. The molecule has 2 heterocycles. The van der Waals surface area contributed by atoms with Gasteiger partial charge in [0, 0.05) is 43.8 Å². The van der Waals surface area contributed by atoms with E-state index in [2.05, 4.69) is 25.3 Å². The first kappa shape index (κ1) is 15.8. The number of benzene rings is 1. The van der Waals surface area contributed by atoms with E-state index in [1.54, 1.807) is 30.6 Å². The van der Waals surface area contributed by atoms with Gasteiger partial charge in [0.05, 0.1) is 17.6 Å². The van der Waals surface area contributed by atoms with Crippen molar-refractivity contribution in [1.82, 2.24) is 25.3 Å². The molecule has 0 atom stereocenters. The smallest absolute Gasteiger partial charge is 0.251 e. The van der Waals surface area contributed by atoms with Gasteiger partial charge in [-0.2, -0.15) is 0 Å². The number of hydrogen-bond acceptors (Lipinski definition) is 6. The Kier molecular flexibility index (Phi) is 4.33. The summed E-state index contributed by atoms with van der Waals surface area (Å²) in [6.45, 7) is 2.17. The summed E-state index contributed by atoms with van der Waals surface area (Å²) in [6, 6.07) is 7.13. The third kappa shape index (κ3) is 3.45. The number of nitrogens with zero attached hydrogens (tertiary/aromatic N) is 5. The lowest BCUT2D eigenvalue weighted by molar-refractivity contribution is 0.0950. The molecule has 7 nitrogen and oxygen atoms in total. The number of hydrogen-bond donors (Lipinski definition) is 1. The molecule has 1 N–H and O–H groups in total. The van der Waals surface area contributed by atoms with Gasteiger partial charge in [-0.3, -0.25) is 14.8 Å². The number of anilines is 1. The number of carbonyl (C=O) groups is 1. The largest absolute Gasteiger partial charge is 0.363 e. The van der Waals surface area contributed by atoms with E-state index in [0.29, 0.717) is 16.9 Å². The Morgan fingerprint density at radius 2 is 1.83 bits per heavy atom. The van der Waals surface area contributed by atoms with Crippen LogP contribution in [-0.4, -0.2) is 39.9 Å². The molecule has 1 amide bonds. The topological polar surface area (TPSA) is 83.9 Å². The first-order chi connectivity index (χ1) is 11.5. The predicted molar refractivity (Wildman–Crippen MR) is 91.8 cm³/mol. The molecule has 1 aromatic carbocycles. The van der Waals surface area contributed by atoms with Crippen LogP contribution in [0.2, 0.25) is 0 Å². The molecule has 7 heteroatoms. The second-order valence-electron chi connectivity index (χ2n) is 5.62. The van der Waals surface area contributed by atoms with E-state index < -0.39 is 0 Å². The molecule has 0 saturated carbocycles. The predicted octanol–water partition coefficient (Wildman–Crippen LogP) is 1.72. The molecule has 0 aliphatic carbocycles. The van der Waals surface area contributed by atoms with Gasteiger partial charge in [-0.15, -0.1) is 0 Å². The summed E-state index contributed by atoms with van der Waals surface area (Å²) in [5.41, 5.74) is 2.83.